The Labute approximate surface area is 96.8 Å². The van der Waals surface area contributed by atoms with Crippen molar-refractivity contribution < 1.29 is 14.7 Å². The number of carbonyl (C=O) groups excluding carboxylic acids is 1. The Bertz CT molecular complexity index is 219. The highest BCUT2D eigenvalue weighted by Gasteiger charge is 2.06. The number of unbranched alkanes of at least 4 members (excludes halogenated alkanes) is 2. The fourth-order valence-corrected chi connectivity index (χ4v) is 1.27. The van der Waals surface area contributed by atoms with Crippen LogP contribution in [0.3, 0.4) is 0 Å². The summed E-state index contributed by atoms with van der Waals surface area (Å²) in [4.78, 5) is 23.3. The molecule has 0 unspecified atom stereocenters. The summed E-state index contributed by atoms with van der Waals surface area (Å²) in [6.45, 7) is 3.29. The highest BCUT2D eigenvalue weighted by molar-refractivity contribution is 5.73. The number of rotatable bonds is 8. The molecule has 0 radical (unpaired) electrons. The van der Waals surface area contributed by atoms with E-state index < -0.39 is 5.97 Å². The number of carboxylic acid groups (broad SMARTS) is 1. The Kier molecular flexibility index (Phi) is 8.29. The van der Waals surface area contributed by atoms with Gasteiger partial charge in [-0.1, -0.05) is 19.8 Å². The van der Waals surface area contributed by atoms with Crippen LogP contribution in [-0.2, 0) is 4.79 Å². The summed E-state index contributed by atoms with van der Waals surface area (Å²) < 4.78 is 0. The molecule has 0 saturated carbocycles. The van der Waals surface area contributed by atoms with Gasteiger partial charge in [0.05, 0.1) is 0 Å². The summed E-state index contributed by atoms with van der Waals surface area (Å²) in [6.07, 6.45) is 3.84. The summed E-state index contributed by atoms with van der Waals surface area (Å²) in [6, 6.07) is -0.124. The molecule has 0 aromatic carbocycles. The van der Waals surface area contributed by atoms with Gasteiger partial charge in [0.1, 0.15) is 0 Å². The predicted molar refractivity (Wildman–Crippen MR) is 62.4 cm³/mol. The van der Waals surface area contributed by atoms with Crippen LogP contribution in [0, 0.1) is 0 Å². The van der Waals surface area contributed by atoms with Crippen molar-refractivity contribution >= 4 is 12.0 Å². The van der Waals surface area contributed by atoms with Crippen LogP contribution in [0.1, 0.15) is 39.0 Å². The summed E-state index contributed by atoms with van der Waals surface area (Å²) in [5, 5.41) is 11.1. The molecule has 0 spiro atoms. The lowest BCUT2D eigenvalue weighted by Gasteiger charge is -2.17. The number of nitrogens with one attached hydrogen (secondary N) is 1. The van der Waals surface area contributed by atoms with Crippen molar-refractivity contribution in [3.05, 3.63) is 0 Å². The van der Waals surface area contributed by atoms with Crippen LogP contribution < -0.4 is 5.32 Å². The van der Waals surface area contributed by atoms with E-state index in [1.807, 2.05) is 0 Å². The van der Waals surface area contributed by atoms with Crippen molar-refractivity contribution in [2.45, 2.75) is 39.0 Å². The van der Waals surface area contributed by atoms with E-state index >= 15 is 0 Å². The van der Waals surface area contributed by atoms with Gasteiger partial charge in [0.2, 0.25) is 0 Å². The van der Waals surface area contributed by atoms with E-state index in [1.54, 1.807) is 11.9 Å². The van der Waals surface area contributed by atoms with E-state index in [9.17, 15) is 9.59 Å². The second-order valence-corrected chi connectivity index (χ2v) is 3.86. The maximum absolute atomic E-state index is 11.4. The quantitative estimate of drug-likeness (QED) is 0.623. The monoisotopic (exact) mass is 230 g/mol. The van der Waals surface area contributed by atoms with Crippen LogP contribution in [-0.4, -0.2) is 42.1 Å². The minimum absolute atomic E-state index is 0.0971. The van der Waals surface area contributed by atoms with Gasteiger partial charge in [0.15, 0.2) is 0 Å². The molecule has 0 aromatic rings. The number of amides is 2. The number of hydrogen-bond donors (Lipinski definition) is 2. The zero-order valence-electron chi connectivity index (χ0n) is 10.2. The largest absolute Gasteiger partial charge is 0.481 e. The van der Waals surface area contributed by atoms with Gasteiger partial charge in [-0.05, 0) is 12.8 Å². The van der Waals surface area contributed by atoms with Gasteiger partial charge in [-0.3, -0.25) is 4.79 Å². The molecule has 16 heavy (non-hydrogen) atoms. The average Bonchev–Trinajstić information content (AvgIpc) is 2.24. The summed E-state index contributed by atoms with van der Waals surface area (Å²) in [5.74, 6) is -0.828. The molecule has 0 heterocycles. The van der Waals surface area contributed by atoms with Gasteiger partial charge in [0, 0.05) is 26.6 Å². The molecule has 5 heteroatoms. The minimum atomic E-state index is -0.828. The van der Waals surface area contributed by atoms with Crippen LogP contribution in [0.4, 0.5) is 4.79 Å². The first kappa shape index (κ1) is 14.7. The lowest BCUT2D eigenvalue weighted by Crippen LogP contribution is -2.38. The highest BCUT2D eigenvalue weighted by atomic mass is 16.4. The fraction of sp³-hybridized carbons (Fsp3) is 0.818. The Morgan fingerprint density at radius 2 is 1.94 bits per heavy atom. The van der Waals surface area contributed by atoms with E-state index in [2.05, 4.69) is 12.2 Å². The van der Waals surface area contributed by atoms with Crippen LogP contribution in [0.5, 0.6) is 0 Å². The lowest BCUT2D eigenvalue weighted by atomic mass is 10.2. The molecule has 0 aliphatic carbocycles. The average molecular weight is 230 g/mol. The molecule has 0 atom stereocenters. The van der Waals surface area contributed by atoms with Crippen molar-refractivity contribution in [2.24, 2.45) is 0 Å². The molecule has 0 bridgehead atoms. The first-order chi connectivity index (χ1) is 7.57. The first-order valence-corrected chi connectivity index (χ1v) is 5.78. The Hall–Kier alpha value is -1.26. The molecule has 0 aliphatic heterocycles. The third-order valence-corrected chi connectivity index (χ3v) is 2.29. The zero-order valence-corrected chi connectivity index (χ0v) is 10.2. The van der Waals surface area contributed by atoms with Crippen molar-refractivity contribution in [3.63, 3.8) is 0 Å². The number of hydrogen-bond acceptors (Lipinski definition) is 2. The topological polar surface area (TPSA) is 69.6 Å². The van der Waals surface area contributed by atoms with E-state index in [4.69, 9.17) is 5.11 Å². The zero-order chi connectivity index (χ0) is 12.4. The third-order valence-electron chi connectivity index (χ3n) is 2.29. The van der Waals surface area contributed by atoms with Gasteiger partial charge < -0.3 is 15.3 Å². The van der Waals surface area contributed by atoms with E-state index in [-0.39, 0.29) is 12.5 Å². The minimum Gasteiger partial charge on any atom is -0.481 e. The molecule has 0 aromatic heterocycles. The van der Waals surface area contributed by atoms with Gasteiger partial charge in [-0.15, -0.1) is 0 Å². The summed E-state index contributed by atoms with van der Waals surface area (Å²) >= 11 is 0. The second kappa shape index (κ2) is 9.00. The number of aliphatic carboxylic acids is 1. The molecule has 0 fully saturated rings. The molecule has 0 rings (SSSR count). The van der Waals surface area contributed by atoms with Gasteiger partial charge >= 0.3 is 12.0 Å². The van der Waals surface area contributed by atoms with E-state index in [0.717, 1.165) is 25.8 Å². The summed E-state index contributed by atoms with van der Waals surface area (Å²) in [7, 11) is 1.75. The lowest BCUT2D eigenvalue weighted by molar-refractivity contribution is -0.137. The Morgan fingerprint density at radius 3 is 2.50 bits per heavy atom. The van der Waals surface area contributed by atoms with Crippen LogP contribution in [0.15, 0.2) is 0 Å². The molecule has 0 saturated heterocycles. The number of urea groups is 1. The second-order valence-electron chi connectivity index (χ2n) is 3.86. The van der Waals surface area contributed by atoms with Gasteiger partial charge in [0.25, 0.3) is 0 Å². The number of nitrogens with zero attached hydrogens (tertiary/aromatic N) is 1. The highest BCUT2D eigenvalue weighted by Crippen LogP contribution is 1.96. The Morgan fingerprint density at radius 1 is 1.25 bits per heavy atom. The first-order valence-electron chi connectivity index (χ1n) is 5.78. The van der Waals surface area contributed by atoms with Crippen LogP contribution in [0.2, 0.25) is 0 Å². The molecule has 0 aliphatic rings. The maximum atomic E-state index is 11.4. The van der Waals surface area contributed by atoms with Crippen molar-refractivity contribution in [1.29, 1.82) is 0 Å². The fourth-order valence-electron chi connectivity index (χ4n) is 1.27. The number of carbonyl (C=O) groups is 2. The number of carboxylic acids is 1. The van der Waals surface area contributed by atoms with Gasteiger partial charge in [-0.2, -0.15) is 0 Å². The normalized spacial score (nSPS) is 9.88. The van der Waals surface area contributed by atoms with E-state index in [0.29, 0.717) is 13.0 Å². The molecular formula is C11H22N2O3. The molecule has 94 valence electrons. The standard InChI is InChI=1S/C11H22N2O3/c1-3-4-5-9-13(2)11(16)12-8-6-7-10(14)15/h3-9H2,1-2H3,(H,12,16)(H,14,15). The van der Waals surface area contributed by atoms with Crippen LogP contribution in [0.25, 0.3) is 0 Å². The smallest absolute Gasteiger partial charge is 0.317 e. The maximum Gasteiger partial charge on any atom is 0.317 e. The molecule has 2 N–H and O–H groups in total. The van der Waals surface area contributed by atoms with Crippen molar-refractivity contribution in [1.82, 2.24) is 10.2 Å². The van der Waals surface area contributed by atoms with Crippen LogP contribution >= 0.6 is 0 Å². The van der Waals surface area contributed by atoms with Gasteiger partial charge in [-0.25, -0.2) is 4.79 Å². The molecule has 2 amide bonds. The third kappa shape index (κ3) is 8.08. The summed E-state index contributed by atoms with van der Waals surface area (Å²) in [5.41, 5.74) is 0. The van der Waals surface area contributed by atoms with Crippen molar-refractivity contribution in [2.75, 3.05) is 20.1 Å². The predicted octanol–water partition coefficient (Wildman–Crippen LogP) is 1.68. The molecular weight excluding hydrogens is 208 g/mol. The van der Waals surface area contributed by atoms with E-state index in [1.165, 1.54) is 0 Å². The van der Waals surface area contributed by atoms with Crippen molar-refractivity contribution in [3.8, 4) is 0 Å². The molecule has 5 nitrogen and oxygen atoms in total. The SMILES string of the molecule is CCCCCN(C)C(=O)NCCCC(=O)O. The Balaban J connectivity index is 3.51.